The molecule has 6 heteroatoms. The molecular weight excluding hydrogens is 310 g/mol. The number of fused-ring (bicyclic) bond motifs is 1. The maximum atomic E-state index is 12.3. The second-order valence-corrected chi connectivity index (χ2v) is 5.02. The Kier molecular flexibility index (Phi) is 4.20. The number of nitrogens with one attached hydrogen (secondary N) is 1. The lowest BCUT2D eigenvalue weighted by Gasteiger charge is -2.07. The predicted octanol–water partition coefficient (Wildman–Crippen LogP) is 3.06. The van der Waals surface area contributed by atoms with Gasteiger partial charge in [0.1, 0.15) is 17.1 Å². The summed E-state index contributed by atoms with van der Waals surface area (Å²) in [5.41, 5.74) is 0.565. The monoisotopic (exact) mass is 325 g/mol. The summed E-state index contributed by atoms with van der Waals surface area (Å²) >= 11 is 0. The van der Waals surface area contributed by atoms with Gasteiger partial charge in [-0.15, -0.1) is 0 Å². The topological polar surface area (TPSA) is 77.8 Å². The van der Waals surface area contributed by atoms with E-state index >= 15 is 0 Å². The van der Waals surface area contributed by atoms with Gasteiger partial charge in [-0.3, -0.25) is 9.59 Å². The van der Waals surface area contributed by atoms with Gasteiger partial charge >= 0.3 is 0 Å². The zero-order chi connectivity index (χ0) is 17.1. The maximum absolute atomic E-state index is 12.3. The van der Waals surface area contributed by atoms with Crippen LogP contribution in [0, 0.1) is 0 Å². The Morgan fingerprint density at radius 1 is 0.958 bits per heavy atom. The predicted molar refractivity (Wildman–Crippen MR) is 90.0 cm³/mol. The minimum absolute atomic E-state index is 0.0726. The van der Waals surface area contributed by atoms with Gasteiger partial charge in [0.2, 0.25) is 0 Å². The van der Waals surface area contributed by atoms with Crippen LogP contribution in [-0.2, 0) is 0 Å². The first kappa shape index (κ1) is 15.6. The number of benzene rings is 2. The molecule has 1 aromatic heterocycles. The van der Waals surface area contributed by atoms with Crippen molar-refractivity contribution in [3.63, 3.8) is 0 Å². The number of rotatable bonds is 4. The van der Waals surface area contributed by atoms with E-state index < -0.39 is 5.91 Å². The summed E-state index contributed by atoms with van der Waals surface area (Å²) in [5, 5.41) is 3.06. The fourth-order valence-corrected chi connectivity index (χ4v) is 2.24. The quantitative estimate of drug-likeness (QED) is 0.797. The van der Waals surface area contributed by atoms with E-state index in [4.69, 9.17) is 13.9 Å². The second kappa shape index (κ2) is 6.45. The van der Waals surface area contributed by atoms with E-state index in [1.54, 1.807) is 49.6 Å². The van der Waals surface area contributed by atoms with Crippen molar-refractivity contribution in [2.75, 3.05) is 19.5 Å². The molecule has 0 spiro atoms. The number of amides is 1. The van der Waals surface area contributed by atoms with Gasteiger partial charge in [-0.2, -0.15) is 0 Å². The molecule has 3 rings (SSSR count). The fraction of sp³-hybridized carbons (Fsp3) is 0.111. The summed E-state index contributed by atoms with van der Waals surface area (Å²) in [4.78, 5) is 24.5. The van der Waals surface area contributed by atoms with E-state index in [0.717, 1.165) is 0 Å². The van der Waals surface area contributed by atoms with Gasteiger partial charge in [0, 0.05) is 17.8 Å². The van der Waals surface area contributed by atoms with Crippen molar-refractivity contribution in [1.82, 2.24) is 0 Å². The minimum Gasteiger partial charge on any atom is -0.497 e. The fourth-order valence-electron chi connectivity index (χ4n) is 2.24. The van der Waals surface area contributed by atoms with Crippen LogP contribution >= 0.6 is 0 Å². The van der Waals surface area contributed by atoms with E-state index in [1.165, 1.54) is 13.2 Å². The highest BCUT2D eigenvalue weighted by Crippen LogP contribution is 2.20. The van der Waals surface area contributed by atoms with Crippen LogP contribution in [0.25, 0.3) is 11.0 Å². The molecule has 0 atom stereocenters. The summed E-state index contributed by atoms with van der Waals surface area (Å²) in [5.74, 6) is 0.634. The molecule has 6 nitrogen and oxygen atoms in total. The van der Waals surface area contributed by atoms with Gasteiger partial charge in [0.05, 0.1) is 19.6 Å². The number of anilines is 1. The summed E-state index contributed by atoms with van der Waals surface area (Å²) in [6.45, 7) is 0. The normalized spacial score (nSPS) is 10.4. The standard InChI is InChI=1S/C18H15NO5/c1-22-12-5-3-11(4-6-12)19-18(21)17-10-15(20)14-8-7-13(23-2)9-16(14)24-17/h3-10H,1-2H3,(H,19,21). The summed E-state index contributed by atoms with van der Waals surface area (Å²) in [6.07, 6.45) is 0. The van der Waals surface area contributed by atoms with Gasteiger partial charge < -0.3 is 19.2 Å². The number of carbonyl (C=O) groups is 1. The maximum Gasteiger partial charge on any atom is 0.291 e. The van der Waals surface area contributed by atoms with E-state index in [1.807, 2.05) is 0 Å². The SMILES string of the molecule is COc1ccc(NC(=O)c2cc(=O)c3ccc(OC)cc3o2)cc1. The Hall–Kier alpha value is -3.28. The van der Waals surface area contributed by atoms with Crippen molar-refractivity contribution in [2.24, 2.45) is 0 Å². The highest BCUT2D eigenvalue weighted by molar-refractivity contribution is 6.03. The first-order valence-corrected chi connectivity index (χ1v) is 7.18. The number of methoxy groups -OCH3 is 2. The first-order valence-electron chi connectivity index (χ1n) is 7.18. The third kappa shape index (κ3) is 3.08. The van der Waals surface area contributed by atoms with Crippen LogP contribution in [0.1, 0.15) is 10.6 Å². The first-order chi connectivity index (χ1) is 11.6. The molecule has 0 aliphatic carbocycles. The van der Waals surface area contributed by atoms with E-state index in [-0.39, 0.29) is 11.2 Å². The smallest absolute Gasteiger partial charge is 0.291 e. The molecule has 1 amide bonds. The van der Waals surface area contributed by atoms with Crippen LogP contribution in [0.5, 0.6) is 11.5 Å². The molecule has 1 N–H and O–H groups in total. The number of hydrogen-bond acceptors (Lipinski definition) is 5. The Labute approximate surface area is 137 Å². The molecule has 0 unspecified atom stereocenters. The van der Waals surface area contributed by atoms with Crippen LogP contribution < -0.4 is 20.2 Å². The molecule has 0 aliphatic heterocycles. The van der Waals surface area contributed by atoms with Crippen molar-refractivity contribution < 1.29 is 18.7 Å². The van der Waals surface area contributed by atoms with Gasteiger partial charge in [0.15, 0.2) is 11.2 Å². The lowest BCUT2D eigenvalue weighted by molar-refractivity contribution is 0.0997. The van der Waals surface area contributed by atoms with Gasteiger partial charge in [-0.1, -0.05) is 0 Å². The van der Waals surface area contributed by atoms with Crippen molar-refractivity contribution in [2.45, 2.75) is 0 Å². The number of ether oxygens (including phenoxy) is 2. The molecule has 0 saturated heterocycles. The van der Waals surface area contributed by atoms with Crippen LogP contribution in [0.4, 0.5) is 5.69 Å². The third-order valence-corrected chi connectivity index (χ3v) is 3.51. The van der Waals surface area contributed by atoms with Gasteiger partial charge in [0.25, 0.3) is 5.91 Å². The molecule has 0 saturated carbocycles. The minimum atomic E-state index is -0.512. The highest BCUT2D eigenvalue weighted by Gasteiger charge is 2.13. The zero-order valence-electron chi connectivity index (χ0n) is 13.2. The Morgan fingerprint density at radius 3 is 2.29 bits per heavy atom. The highest BCUT2D eigenvalue weighted by atomic mass is 16.5. The number of hydrogen-bond donors (Lipinski definition) is 1. The van der Waals surface area contributed by atoms with Crippen molar-refractivity contribution in [1.29, 1.82) is 0 Å². The van der Waals surface area contributed by atoms with Crippen molar-refractivity contribution >= 4 is 22.6 Å². The van der Waals surface area contributed by atoms with Crippen LogP contribution in [0.15, 0.2) is 57.7 Å². The average molecular weight is 325 g/mol. The molecule has 1 heterocycles. The molecular formula is C18H15NO5. The molecule has 2 aromatic carbocycles. The van der Waals surface area contributed by atoms with E-state index in [2.05, 4.69) is 5.32 Å². The lowest BCUT2D eigenvalue weighted by Crippen LogP contribution is -2.14. The second-order valence-electron chi connectivity index (χ2n) is 5.02. The van der Waals surface area contributed by atoms with Crippen LogP contribution in [0.2, 0.25) is 0 Å². The molecule has 0 bridgehead atoms. The largest absolute Gasteiger partial charge is 0.497 e. The molecule has 3 aromatic rings. The average Bonchev–Trinajstić information content (AvgIpc) is 2.61. The summed E-state index contributed by atoms with van der Waals surface area (Å²) < 4.78 is 15.7. The molecule has 122 valence electrons. The molecule has 0 radical (unpaired) electrons. The lowest BCUT2D eigenvalue weighted by atomic mass is 10.2. The molecule has 0 aliphatic rings. The van der Waals surface area contributed by atoms with Crippen molar-refractivity contribution in [3.05, 3.63) is 64.5 Å². The van der Waals surface area contributed by atoms with E-state index in [0.29, 0.717) is 28.2 Å². The summed E-state index contributed by atoms with van der Waals surface area (Å²) in [6, 6.07) is 12.8. The Bertz CT molecular complexity index is 944. The zero-order valence-corrected chi connectivity index (χ0v) is 13.2. The van der Waals surface area contributed by atoms with Gasteiger partial charge in [-0.25, -0.2) is 0 Å². The molecule has 0 fully saturated rings. The van der Waals surface area contributed by atoms with Crippen LogP contribution in [-0.4, -0.2) is 20.1 Å². The van der Waals surface area contributed by atoms with Crippen LogP contribution in [0.3, 0.4) is 0 Å². The summed E-state index contributed by atoms with van der Waals surface area (Å²) in [7, 11) is 3.07. The molecule has 24 heavy (non-hydrogen) atoms. The Morgan fingerprint density at radius 2 is 1.62 bits per heavy atom. The third-order valence-electron chi connectivity index (χ3n) is 3.51. The van der Waals surface area contributed by atoms with E-state index in [9.17, 15) is 9.59 Å². The Balaban J connectivity index is 1.92. The number of carbonyl (C=O) groups excluding carboxylic acids is 1. The van der Waals surface area contributed by atoms with Gasteiger partial charge in [-0.05, 0) is 36.4 Å². The van der Waals surface area contributed by atoms with Crippen molar-refractivity contribution in [3.8, 4) is 11.5 Å².